The molecule has 1 heterocycles. The molecule has 1 fully saturated rings. The molecule has 0 bridgehead atoms. The molecule has 150 valence electrons. The first-order valence-corrected chi connectivity index (χ1v) is 10.9. The quantitative estimate of drug-likeness (QED) is 0.387. The van der Waals surface area contributed by atoms with E-state index in [1.165, 1.54) is 11.8 Å². The van der Waals surface area contributed by atoms with Crippen molar-refractivity contribution in [3.8, 4) is 0 Å². The van der Waals surface area contributed by atoms with E-state index in [1.807, 2.05) is 62.4 Å². The van der Waals surface area contributed by atoms with E-state index in [0.717, 1.165) is 28.1 Å². The van der Waals surface area contributed by atoms with E-state index in [4.69, 9.17) is 28.2 Å². The number of rotatable bonds is 3. The molecular weight excluding hydrogens is 435 g/mol. The number of carbonyl (C=O) groups is 1. The number of amidine groups is 1. The molecule has 6 heteroatoms. The number of aliphatic imine (C=N–C) groups is 1. The first-order valence-electron chi connectivity index (χ1n) is 9.33. The number of thioether (sulfide) groups is 1. The molecule has 0 atom stereocenters. The van der Waals surface area contributed by atoms with Gasteiger partial charge in [-0.15, -0.1) is 0 Å². The molecule has 0 N–H and O–H groups in total. The summed E-state index contributed by atoms with van der Waals surface area (Å²) >= 11 is 13.7. The molecule has 1 saturated heterocycles. The minimum absolute atomic E-state index is 0.137. The van der Waals surface area contributed by atoms with E-state index in [9.17, 15) is 4.79 Å². The molecule has 1 aliphatic rings. The maximum Gasteiger partial charge on any atom is 0.271 e. The van der Waals surface area contributed by atoms with Crippen LogP contribution in [0.15, 0.2) is 76.6 Å². The highest BCUT2D eigenvalue weighted by atomic mass is 35.5. The first kappa shape index (κ1) is 20.7. The molecule has 1 amide bonds. The third-order valence-electron chi connectivity index (χ3n) is 4.72. The van der Waals surface area contributed by atoms with Gasteiger partial charge in [0.15, 0.2) is 5.17 Å². The lowest BCUT2D eigenvalue weighted by molar-refractivity contribution is -0.113. The molecule has 0 aromatic heterocycles. The Morgan fingerprint density at radius 2 is 1.63 bits per heavy atom. The van der Waals surface area contributed by atoms with Gasteiger partial charge in [0.1, 0.15) is 0 Å². The van der Waals surface area contributed by atoms with Gasteiger partial charge < -0.3 is 0 Å². The molecule has 30 heavy (non-hydrogen) atoms. The summed E-state index contributed by atoms with van der Waals surface area (Å²) in [5, 5.41) is 1.66. The van der Waals surface area contributed by atoms with E-state index in [-0.39, 0.29) is 5.91 Å². The summed E-state index contributed by atoms with van der Waals surface area (Å²) in [5.41, 5.74) is 4.49. The van der Waals surface area contributed by atoms with E-state index < -0.39 is 0 Å². The number of anilines is 1. The van der Waals surface area contributed by atoms with Crippen LogP contribution in [0.1, 0.15) is 16.7 Å². The van der Waals surface area contributed by atoms with Gasteiger partial charge in [0.2, 0.25) is 0 Å². The Labute approximate surface area is 190 Å². The Hall–Kier alpha value is -2.53. The average Bonchev–Trinajstić information content (AvgIpc) is 3.02. The number of aryl methyl sites for hydroxylation is 2. The van der Waals surface area contributed by atoms with E-state index in [1.54, 1.807) is 29.2 Å². The van der Waals surface area contributed by atoms with Crippen LogP contribution in [-0.2, 0) is 4.79 Å². The number of halogens is 2. The number of benzene rings is 3. The maximum atomic E-state index is 13.3. The van der Waals surface area contributed by atoms with Gasteiger partial charge in [0.05, 0.1) is 16.3 Å². The fraction of sp³-hybridized carbons (Fsp3) is 0.0833. The summed E-state index contributed by atoms with van der Waals surface area (Å²) in [6.07, 6.45) is 1.79. The van der Waals surface area contributed by atoms with Gasteiger partial charge in [-0.2, -0.15) is 0 Å². The third-order valence-corrected chi connectivity index (χ3v) is 6.25. The van der Waals surface area contributed by atoms with Crippen molar-refractivity contribution in [2.24, 2.45) is 4.99 Å². The molecule has 1 aliphatic heterocycles. The minimum Gasteiger partial charge on any atom is -0.268 e. The van der Waals surface area contributed by atoms with Crippen LogP contribution in [0.25, 0.3) is 6.08 Å². The van der Waals surface area contributed by atoms with Crippen LogP contribution in [0, 0.1) is 13.8 Å². The normalized spacial score (nSPS) is 16.7. The fourth-order valence-electron chi connectivity index (χ4n) is 3.19. The van der Waals surface area contributed by atoms with Crippen LogP contribution in [0.3, 0.4) is 0 Å². The SMILES string of the molecule is Cc1cccc(C)c1N=C1S/C(=C\c2ccc(Cl)cc2Cl)C(=O)N1c1ccccc1. The number of carbonyl (C=O) groups excluding carboxylic acids is 1. The third kappa shape index (κ3) is 4.17. The summed E-state index contributed by atoms with van der Waals surface area (Å²) in [4.78, 5) is 20.4. The Bertz CT molecular complexity index is 1170. The zero-order valence-electron chi connectivity index (χ0n) is 16.4. The molecule has 3 nitrogen and oxygen atoms in total. The van der Waals surface area contributed by atoms with Crippen LogP contribution in [0.2, 0.25) is 10.0 Å². The molecule has 0 aliphatic carbocycles. The largest absolute Gasteiger partial charge is 0.271 e. The second-order valence-electron chi connectivity index (χ2n) is 6.89. The van der Waals surface area contributed by atoms with Gasteiger partial charge >= 0.3 is 0 Å². The summed E-state index contributed by atoms with van der Waals surface area (Å²) in [6, 6.07) is 20.8. The maximum absolute atomic E-state index is 13.3. The van der Waals surface area contributed by atoms with Crippen LogP contribution < -0.4 is 4.90 Å². The van der Waals surface area contributed by atoms with Crippen molar-refractivity contribution >= 4 is 63.5 Å². The number of hydrogen-bond acceptors (Lipinski definition) is 3. The van der Waals surface area contributed by atoms with Gasteiger partial charge in [0, 0.05) is 10.0 Å². The van der Waals surface area contributed by atoms with E-state index >= 15 is 0 Å². The summed E-state index contributed by atoms with van der Waals surface area (Å²) in [6.45, 7) is 4.04. The molecule has 0 spiro atoms. The average molecular weight is 453 g/mol. The van der Waals surface area contributed by atoms with Gasteiger partial charge in [0.25, 0.3) is 5.91 Å². The predicted molar refractivity (Wildman–Crippen MR) is 129 cm³/mol. The summed E-state index contributed by atoms with van der Waals surface area (Å²) < 4.78 is 0. The van der Waals surface area contributed by atoms with Gasteiger partial charge in [-0.1, -0.05) is 65.7 Å². The lowest BCUT2D eigenvalue weighted by Crippen LogP contribution is -2.28. The molecule has 3 aromatic carbocycles. The number of hydrogen-bond donors (Lipinski definition) is 0. The zero-order chi connectivity index (χ0) is 21.3. The van der Waals surface area contributed by atoms with Gasteiger partial charge in [-0.3, -0.25) is 9.69 Å². The van der Waals surface area contributed by atoms with Crippen LogP contribution in [0.4, 0.5) is 11.4 Å². The van der Waals surface area contributed by atoms with Crippen molar-refractivity contribution in [3.05, 3.63) is 98.4 Å². The molecular formula is C24H18Cl2N2OS. The standard InChI is InChI=1S/C24H18Cl2N2OS/c1-15-7-6-8-16(2)22(15)27-24-28(19-9-4-3-5-10-19)23(29)21(30-24)13-17-11-12-18(25)14-20(17)26/h3-14H,1-2H3/b21-13-,27-24?. The molecule has 3 aromatic rings. The van der Waals surface area contributed by atoms with Gasteiger partial charge in [-0.25, -0.2) is 4.99 Å². The van der Waals surface area contributed by atoms with Crippen molar-refractivity contribution in [2.45, 2.75) is 13.8 Å². The highest BCUT2D eigenvalue weighted by Gasteiger charge is 2.35. The predicted octanol–water partition coefficient (Wildman–Crippen LogP) is 7.42. The Morgan fingerprint density at radius 3 is 2.30 bits per heavy atom. The van der Waals surface area contributed by atoms with Crippen molar-refractivity contribution in [2.75, 3.05) is 4.90 Å². The monoisotopic (exact) mass is 452 g/mol. The molecule has 0 unspecified atom stereocenters. The number of amides is 1. The van der Waals surface area contributed by atoms with Crippen LogP contribution >= 0.6 is 35.0 Å². The number of nitrogens with zero attached hydrogens (tertiary/aromatic N) is 2. The fourth-order valence-corrected chi connectivity index (χ4v) is 4.63. The Balaban J connectivity index is 1.83. The highest BCUT2D eigenvalue weighted by Crippen LogP contribution is 2.39. The van der Waals surface area contributed by atoms with Crippen molar-refractivity contribution in [1.82, 2.24) is 0 Å². The van der Waals surface area contributed by atoms with Crippen molar-refractivity contribution in [3.63, 3.8) is 0 Å². The summed E-state index contributed by atoms with van der Waals surface area (Å²) in [5.74, 6) is -0.137. The smallest absolute Gasteiger partial charge is 0.268 e. The summed E-state index contributed by atoms with van der Waals surface area (Å²) in [7, 11) is 0. The van der Waals surface area contributed by atoms with Crippen molar-refractivity contribution < 1.29 is 4.79 Å². The topological polar surface area (TPSA) is 32.7 Å². The Kier molecular flexibility index (Phi) is 6.00. The second kappa shape index (κ2) is 8.68. The first-order chi connectivity index (χ1) is 14.4. The zero-order valence-corrected chi connectivity index (χ0v) is 18.7. The molecule has 4 rings (SSSR count). The van der Waals surface area contributed by atoms with Crippen LogP contribution in [0.5, 0.6) is 0 Å². The molecule has 0 radical (unpaired) electrons. The Morgan fingerprint density at radius 1 is 0.933 bits per heavy atom. The minimum atomic E-state index is -0.137. The lowest BCUT2D eigenvalue weighted by atomic mass is 10.1. The number of para-hydroxylation sites is 2. The van der Waals surface area contributed by atoms with E-state index in [2.05, 4.69) is 0 Å². The van der Waals surface area contributed by atoms with E-state index in [0.29, 0.717) is 20.1 Å². The van der Waals surface area contributed by atoms with Crippen LogP contribution in [-0.4, -0.2) is 11.1 Å². The highest BCUT2D eigenvalue weighted by molar-refractivity contribution is 8.19. The second-order valence-corrected chi connectivity index (χ2v) is 8.74. The lowest BCUT2D eigenvalue weighted by Gasteiger charge is -2.16. The van der Waals surface area contributed by atoms with Crippen molar-refractivity contribution in [1.29, 1.82) is 0 Å². The van der Waals surface area contributed by atoms with Gasteiger partial charge in [-0.05, 0) is 72.6 Å². The molecule has 0 saturated carbocycles.